The molecule has 60 heavy (non-hydrogen) atoms. The summed E-state index contributed by atoms with van der Waals surface area (Å²) in [6.07, 6.45) is 0. The van der Waals surface area contributed by atoms with E-state index in [9.17, 15) is 0 Å². The molecule has 9 aromatic carbocycles. The summed E-state index contributed by atoms with van der Waals surface area (Å²) in [6, 6.07) is 79.1. The van der Waals surface area contributed by atoms with Gasteiger partial charge in [-0.2, -0.15) is 0 Å². The van der Waals surface area contributed by atoms with E-state index in [1.807, 2.05) is 0 Å². The Balaban J connectivity index is 0.991. The zero-order valence-electron chi connectivity index (χ0n) is 34.7. The molecule has 0 saturated heterocycles. The van der Waals surface area contributed by atoms with Gasteiger partial charge in [-0.05, 0) is 156 Å². The zero-order chi connectivity index (χ0) is 41.0. The summed E-state index contributed by atoms with van der Waals surface area (Å²) >= 11 is 0. The van der Waals surface area contributed by atoms with Gasteiger partial charge in [-0.3, -0.25) is 0 Å². The minimum atomic E-state index is 1.12. The fourth-order valence-electron chi connectivity index (χ4n) is 8.17. The lowest BCUT2D eigenvalue weighted by atomic mass is 9.91. The fraction of sp³-hybridized carbons (Fsp3) is 0.0690. The first kappa shape index (κ1) is 38.1. The molecule has 0 fully saturated rings. The molecule has 290 valence electrons. The molecule has 0 spiro atoms. The molecule has 9 aromatic rings. The summed E-state index contributed by atoms with van der Waals surface area (Å²) in [6.45, 7) is 8.72. The first-order chi connectivity index (χ1) is 29.4. The van der Waals surface area contributed by atoms with E-state index in [1.165, 1.54) is 66.8 Å². The predicted octanol–water partition coefficient (Wildman–Crippen LogP) is 16.5. The Bertz CT molecular complexity index is 2620. The maximum absolute atomic E-state index is 2.35. The second-order valence-electron chi connectivity index (χ2n) is 15.7. The van der Waals surface area contributed by atoms with Crippen molar-refractivity contribution < 1.29 is 0 Å². The van der Waals surface area contributed by atoms with Gasteiger partial charge in [-0.1, -0.05) is 157 Å². The Kier molecular flexibility index (Phi) is 10.7. The fourth-order valence-corrected chi connectivity index (χ4v) is 8.17. The summed E-state index contributed by atoms with van der Waals surface area (Å²) in [5.74, 6) is 0. The number of anilines is 6. The van der Waals surface area contributed by atoms with Crippen LogP contribution in [0.25, 0.3) is 44.5 Å². The molecule has 0 aliphatic carbocycles. The van der Waals surface area contributed by atoms with Crippen LogP contribution in [0.1, 0.15) is 22.3 Å². The van der Waals surface area contributed by atoms with Gasteiger partial charge in [0, 0.05) is 34.1 Å². The van der Waals surface area contributed by atoms with E-state index in [4.69, 9.17) is 0 Å². The van der Waals surface area contributed by atoms with Gasteiger partial charge in [-0.25, -0.2) is 0 Å². The van der Waals surface area contributed by atoms with Crippen LogP contribution < -0.4 is 9.80 Å². The lowest BCUT2D eigenvalue weighted by molar-refractivity contribution is 1.27. The van der Waals surface area contributed by atoms with Crippen molar-refractivity contribution in [2.75, 3.05) is 9.80 Å². The van der Waals surface area contributed by atoms with Crippen LogP contribution in [0.4, 0.5) is 34.1 Å². The van der Waals surface area contributed by atoms with Gasteiger partial charge in [0.25, 0.3) is 0 Å². The van der Waals surface area contributed by atoms with Crippen molar-refractivity contribution >= 4 is 34.1 Å². The summed E-state index contributed by atoms with van der Waals surface area (Å²) in [5.41, 5.74) is 21.5. The summed E-state index contributed by atoms with van der Waals surface area (Å²) in [4.78, 5) is 4.67. The average Bonchev–Trinajstić information content (AvgIpc) is 3.30. The van der Waals surface area contributed by atoms with Crippen LogP contribution in [0, 0.1) is 27.7 Å². The first-order valence-corrected chi connectivity index (χ1v) is 20.7. The molecule has 0 amide bonds. The third-order valence-corrected chi connectivity index (χ3v) is 11.5. The van der Waals surface area contributed by atoms with Gasteiger partial charge >= 0.3 is 0 Å². The van der Waals surface area contributed by atoms with E-state index in [-0.39, 0.29) is 0 Å². The highest BCUT2D eigenvalue weighted by atomic mass is 15.1. The number of rotatable bonds is 10. The second kappa shape index (κ2) is 16.8. The quantitative estimate of drug-likeness (QED) is 0.137. The van der Waals surface area contributed by atoms with Crippen LogP contribution in [-0.4, -0.2) is 0 Å². The molecule has 0 heterocycles. The van der Waals surface area contributed by atoms with Gasteiger partial charge in [-0.15, -0.1) is 0 Å². The molecule has 0 radical (unpaired) electrons. The standard InChI is InChI=1S/C58H48N2/c1-41-15-27-51(28-16-41)59(53-31-19-47(20-32-53)45-11-7-5-8-12-45)55-35-23-49(24-36-55)57-39-44(4)58(40-43(57)3)50-25-37-56(38-26-50)60(52-29-17-42(2)18-30-52)54-33-21-48(22-34-54)46-13-9-6-10-14-46/h5-40H,1-4H3. The van der Waals surface area contributed by atoms with Gasteiger partial charge in [0.1, 0.15) is 0 Å². The highest BCUT2D eigenvalue weighted by Crippen LogP contribution is 2.40. The van der Waals surface area contributed by atoms with Crippen molar-refractivity contribution in [3.63, 3.8) is 0 Å². The molecule has 0 bridgehead atoms. The Morgan fingerprint density at radius 2 is 0.467 bits per heavy atom. The lowest BCUT2D eigenvalue weighted by Crippen LogP contribution is -2.10. The van der Waals surface area contributed by atoms with Crippen LogP contribution in [-0.2, 0) is 0 Å². The molecule has 2 heteroatoms. The molecule has 9 rings (SSSR count). The summed E-state index contributed by atoms with van der Waals surface area (Å²) < 4.78 is 0. The minimum absolute atomic E-state index is 1.12. The van der Waals surface area contributed by atoms with Crippen molar-refractivity contribution in [1.29, 1.82) is 0 Å². The maximum atomic E-state index is 2.35. The van der Waals surface area contributed by atoms with E-state index in [0.29, 0.717) is 0 Å². The number of nitrogens with zero attached hydrogens (tertiary/aromatic N) is 2. The molecule has 0 aliphatic rings. The van der Waals surface area contributed by atoms with E-state index >= 15 is 0 Å². The normalized spacial score (nSPS) is 11.0. The molecule has 0 N–H and O–H groups in total. The van der Waals surface area contributed by atoms with Crippen LogP contribution in [0.15, 0.2) is 218 Å². The van der Waals surface area contributed by atoms with Gasteiger partial charge in [0.05, 0.1) is 0 Å². The van der Waals surface area contributed by atoms with E-state index < -0.39 is 0 Å². The summed E-state index contributed by atoms with van der Waals surface area (Å²) in [7, 11) is 0. The van der Waals surface area contributed by atoms with Crippen LogP contribution >= 0.6 is 0 Å². The highest BCUT2D eigenvalue weighted by molar-refractivity contribution is 5.83. The Morgan fingerprint density at radius 1 is 0.233 bits per heavy atom. The molecule has 0 atom stereocenters. The number of hydrogen-bond donors (Lipinski definition) is 0. The van der Waals surface area contributed by atoms with Crippen molar-refractivity contribution in [3.05, 3.63) is 241 Å². The monoisotopic (exact) mass is 772 g/mol. The van der Waals surface area contributed by atoms with E-state index in [0.717, 1.165) is 34.1 Å². The average molecular weight is 773 g/mol. The minimum Gasteiger partial charge on any atom is -0.311 e. The van der Waals surface area contributed by atoms with Crippen LogP contribution in [0.2, 0.25) is 0 Å². The Hall–Kier alpha value is -7.42. The molecule has 0 aliphatic heterocycles. The third-order valence-electron chi connectivity index (χ3n) is 11.5. The number of hydrogen-bond acceptors (Lipinski definition) is 2. The molecule has 0 saturated carbocycles. The van der Waals surface area contributed by atoms with Gasteiger partial charge < -0.3 is 9.80 Å². The third kappa shape index (κ3) is 8.01. The zero-order valence-corrected chi connectivity index (χ0v) is 34.7. The predicted molar refractivity (Wildman–Crippen MR) is 256 cm³/mol. The summed E-state index contributed by atoms with van der Waals surface area (Å²) in [5, 5.41) is 0. The van der Waals surface area contributed by atoms with Crippen LogP contribution in [0.5, 0.6) is 0 Å². The van der Waals surface area contributed by atoms with E-state index in [2.05, 4.69) is 256 Å². The van der Waals surface area contributed by atoms with Crippen molar-refractivity contribution in [2.45, 2.75) is 27.7 Å². The molecular formula is C58H48N2. The largest absolute Gasteiger partial charge is 0.311 e. The molecule has 0 aromatic heterocycles. The van der Waals surface area contributed by atoms with Crippen molar-refractivity contribution in [1.82, 2.24) is 0 Å². The molecule has 0 unspecified atom stereocenters. The Labute approximate surface area is 355 Å². The van der Waals surface area contributed by atoms with Gasteiger partial charge in [0.2, 0.25) is 0 Å². The first-order valence-electron chi connectivity index (χ1n) is 20.7. The smallest absolute Gasteiger partial charge is 0.0462 e. The second-order valence-corrected chi connectivity index (χ2v) is 15.7. The molecular weight excluding hydrogens is 725 g/mol. The number of benzene rings is 9. The Morgan fingerprint density at radius 3 is 0.750 bits per heavy atom. The van der Waals surface area contributed by atoms with Gasteiger partial charge in [0.15, 0.2) is 0 Å². The number of aryl methyl sites for hydroxylation is 4. The van der Waals surface area contributed by atoms with Crippen LogP contribution in [0.3, 0.4) is 0 Å². The SMILES string of the molecule is Cc1ccc(N(c2ccc(-c3ccccc3)cc2)c2ccc(-c3cc(C)c(-c4ccc(N(c5ccc(C)cc5)c5ccc(-c6ccccc6)cc5)cc4)cc3C)cc2)cc1. The molecule has 2 nitrogen and oxygen atoms in total. The maximum Gasteiger partial charge on any atom is 0.0462 e. The van der Waals surface area contributed by atoms with E-state index in [1.54, 1.807) is 0 Å². The highest BCUT2D eigenvalue weighted by Gasteiger charge is 2.17. The van der Waals surface area contributed by atoms with Crippen molar-refractivity contribution in [3.8, 4) is 44.5 Å². The topological polar surface area (TPSA) is 6.48 Å². The van der Waals surface area contributed by atoms with Crippen molar-refractivity contribution in [2.24, 2.45) is 0 Å². The lowest BCUT2D eigenvalue weighted by Gasteiger charge is -2.26.